The van der Waals surface area contributed by atoms with Crippen molar-refractivity contribution in [3.63, 3.8) is 0 Å². The number of amides is 1. The summed E-state index contributed by atoms with van der Waals surface area (Å²) >= 11 is 12.5. The van der Waals surface area contributed by atoms with E-state index in [0.717, 1.165) is 16.2 Å². The summed E-state index contributed by atoms with van der Waals surface area (Å²) in [6.45, 7) is 1.98. The molecule has 1 atom stereocenters. The van der Waals surface area contributed by atoms with Gasteiger partial charge in [-0.25, -0.2) is 0 Å². The number of benzene rings is 1. The van der Waals surface area contributed by atoms with Gasteiger partial charge in [0.2, 0.25) is 0 Å². The summed E-state index contributed by atoms with van der Waals surface area (Å²) in [7, 11) is 0. The molecule has 0 aliphatic carbocycles. The number of halogens is 3. The predicted octanol–water partition coefficient (Wildman–Crippen LogP) is 4.01. The largest absolute Gasteiger partial charge is 0.350 e. The van der Waals surface area contributed by atoms with Gasteiger partial charge in [-0.2, -0.15) is 0 Å². The van der Waals surface area contributed by atoms with E-state index in [1.54, 1.807) is 18.2 Å². The number of rotatable bonds is 4. The Morgan fingerprint density at radius 3 is 2.81 bits per heavy atom. The molecule has 1 rings (SSSR count). The molecule has 1 unspecified atom stereocenters. The van der Waals surface area contributed by atoms with Crippen LogP contribution in [0.5, 0.6) is 0 Å². The predicted molar refractivity (Wildman–Crippen MR) is 74.5 cm³/mol. The molecule has 16 heavy (non-hydrogen) atoms. The normalized spacial score (nSPS) is 12.2. The number of alkyl halides is 1. The van der Waals surface area contributed by atoms with Crippen LogP contribution in [0.25, 0.3) is 0 Å². The molecule has 0 aromatic heterocycles. The van der Waals surface area contributed by atoms with Crippen LogP contribution in [0, 0.1) is 0 Å². The summed E-state index contributed by atoms with van der Waals surface area (Å²) in [5.41, 5.74) is 0.609. The van der Waals surface area contributed by atoms with E-state index in [0.29, 0.717) is 10.6 Å². The fourth-order valence-corrected chi connectivity index (χ4v) is 2.36. The standard InChI is InChI=1S/C11H12Br2ClNO/c1-7(4-5-12)15-11(16)8-2-3-10(14)9(13)6-8/h2-3,6-7H,4-5H2,1H3,(H,15,16). The molecule has 88 valence electrons. The van der Waals surface area contributed by atoms with E-state index >= 15 is 0 Å². The zero-order valence-electron chi connectivity index (χ0n) is 8.77. The highest BCUT2D eigenvalue weighted by Crippen LogP contribution is 2.23. The lowest BCUT2D eigenvalue weighted by Gasteiger charge is -2.12. The number of carbonyl (C=O) groups is 1. The molecule has 1 aromatic carbocycles. The first-order valence-electron chi connectivity index (χ1n) is 4.86. The van der Waals surface area contributed by atoms with Gasteiger partial charge in [0.1, 0.15) is 0 Å². The molecular weight excluding hydrogens is 357 g/mol. The zero-order valence-corrected chi connectivity index (χ0v) is 12.7. The van der Waals surface area contributed by atoms with Gasteiger partial charge in [0.05, 0.1) is 5.02 Å². The smallest absolute Gasteiger partial charge is 0.251 e. The van der Waals surface area contributed by atoms with Crippen molar-refractivity contribution in [2.24, 2.45) is 0 Å². The van der Waals surface area contributed by atoms with Crippen LogP contribution in [0.3, 0.4) is 0 Å². The molecule has 0 aliphatic heterocycles. The molecule has 0 radical (unpaired) electrons. The second kappa shape index (κ2) is 6.62. The van der Waals surface area contributed by atoms with Crippen LogP contribution in [-0.2, 0) is 0 Å². The molecule has 0 spiro atoms. The van der Waals surface area contributed by atoms with Crippen LogP contribution in [0.15, 0.2) is 22.7 Å². The average Bonchev–Trinajstić information content (AvgIpc) is 2.22. The lowest BCUT2D eigenvalue weighted by atomic mass is 10.2. The minimum atomic E-state index is -0.0779. The second-order valence-electron chi connectivity index (χ2n) is 3.48. The highest BCUT2D eigenvalue weighted by Gasteiger charge is 2.10. The van der Waals surface area contributed by atoms with Gasteiger partial charge in [-0.3, -0.25) is 4.79 Å². The number of carbonyl (C=O) groups excluding carboxylic acids is 1. The topological polar surface area (TPSA) is 29.1 Å². The van der Waals surface area contributed by atoms with Crippen LogP contribution < -0.4 is 5.32 Å². The van der Waals surface area contributed by atoms with Crippen molar-refractivity contribution in [2.45, 2.75) is 19.4 Å². The summed E-state index contributed by atoms with van der Waals surface area (Å²) in [5.74, 6) is -0.0779. The van der Waals surface area contributed by atoms with E-state index in [9.17, 15) is 4.79 Å². The molecule has 5 heteroatoms. The van der Waals surface area contributed by atoms with Gasteiger partial charge in [0.15, 0.2) is 0 Å². The van der Waals surface area contributed by atoms with Crippen molar-refractivity contribution in [3.8, 4) is 0 Å². The molecule has 0 saturated carbocycles. The fourth-order valence-electron chi connectivity index (χ4n) is 1.18. The van der Waals surface area contributed by atoms with Crippen molar-refractivity contribution in [3.05, 3.63) is 33.3 Å². The summed E-state index contributed by atoms with van der Waals surface area (Å²) in [6, 6.07) is 5.29. The van der Waals surface area contributed by atoms with Gasteiger partial charge in [0, 0.05) is 21.4 Å². The Hall–Kier alpha value is -0.0600. The molecule has 1 aromatic rings. The first kappa shape index (κ1) is 14.0. The Labute approximate surface area is 117 Å². The monoisotopic (exact) mass is 367 g/mol. The molecule has 0 saturated heterocycles. The van der Waals surface area contributed by atoms with Gasteiger partial charge >= 0.3 is 0 Å². The Morgan fingerprint density at radius 2 is 2.25 bits per heavy atom. The lowest BCUT2D eigenvalue weighted by molar-refractivity contribution is 0.0939. The van der Waals surface area contributed by atoms with E-state index in [1.807, 2.05) is 6.92 Å². The zero-order chi connectivity index (χ0) is 12.1. The van der Waals surface area contributed by atoms with E-state index in [4.69, 9.17) is 11.6 Å². The molecule has 0 fully saturated rings. The maximum atomic E-state index is 11.8. The van der Waals surface area contributed by atoms with Gasteiger partial charge in [0.25, 0.3) is 5.91 Å². The van der Waals surface area contributed by atoms with E-state index < -0.39 is 0 Å². The molecule has 2 nitrogen and oxygen atoms in total. The fraction of sp³-hybridized carbons (Fsp3) is 0.364. The SMILES string of the molecule is CC(CCBr)NC(=O)c1ccc(Cl)c(Br)c1. The van der Waals surface area contributed by atoms with Crippen molar-refractivity contribution in [1.29, 1.82) is 0 Å². The van der Waals surface area contributed by atoms with Crippen LogP contribution in [0.4, 0.5) is 0 Å². The first-order valence-corrected chi connectivity index (χ1v) is 7.15. The van der Waals surface area contributed by atoms with Crippen molar-refractivity contribution in [1.82, 2.24) is 5.32 Å². The summed E-state index contributed by atoms with van der Waals surface area (Å²) in [5, 5.41) is 4.39. The Kier molecular flexibility index (Phi) is 5.79. The third-order valence-electron chi connectivity index (χ3n) is 2.10. The highest BCUT2D eigenvalue weighted by molar-refractivity contribution is 9.10. The quantitative estimate of drug-likeness (QED) is 0.799. The lowest BCUT2D eigenvalue weighted by Crippen LogP contribution is -2.32. The van der Waals surface area contributed by atoms with Crippen molar-refractivity contribution >= 4 is 49.4 Å². The second-order valence-corrected chi connectivity index (χ2v) is 5.54. The number of hydrogen-bond acceptors (Lipinski definition) is 1. The Balaban J connectivity index is 2.69. The van der Waals surface area contributed by atoms with E-state index in [2.05, 4.69) is 37.2 Å². The van der Waals surface area contributed by atoms with Gasteiger partial charge < -0.3 is 5.32 Å². The van der Waals surface area contributed by atoms with Gasteiger partial charge in [-0.15, -0.1) is 0 Å². The maximum absolute atomic E-state index is 11.8. The molecule has 1 N–H and O–H groups in total. The van der Waals surface area contributed by atoms with Gasteiger partial charge in [-0.05, 0) is 47.5 Å². The van der Waals surface area contributed by atoms with Crippen LogP contribution in [0.2, 0.25) is 5.02 Å². The van der Waals surface area contributed by atoms with Crippen LogP contribution in [-0.4, -0.2) is 17.3 Å². The minimum absolute atomic E-state index is 0.0779. The average molecular weight is 369 g/mol. The first-order chi connectivity index (χ1) is 7.54. The number of hydrogen-bond donors (Lipinski definition) is 1. The van der Waals surface area contributed by atoms with Crippen LogP contribution >= 0.6 is 43.5 Å². The molecule has 1 amide bonds. The van der Waals surface area contributed by atoms with Crippen molar-refractivity contribution in [2.75, 3.05) is 5.33 Å². The third-order valence-corrected chi connectivity index (χ3v) is 3.77. The maximum Gasteiger partial charge on any atom is 0.251 e. The highest BCUT2D eigenvalue weighted by atomic mass is 79.9. The molecule has 0 heterocycles. The van der Waals surface area contributed by atoms with Crippen LogP contribution in [0.1, 0.15) is 23.7 Å². The molecular formula is C11H12Br2ClNO. The minimum Gasteiger partial charge on any atom is -0.350 e. The third kappa shape index (κ3) is 4.07. The Bertz CT molecular complexity index is 384. The van der Waals surface area contributed by atoms with E-state index in [1.165, 1.54) is 0 Å². The summed E-state index contributed by atoms with van der Waals surface area (Å²) < 4.78 is 0.731. The van der Waals surface area contributed by atoms with Gasteiger partial charge in [-0.1, -0.05) is 27.5 Å². The molecule has 0 aliphatic rings. The van der Waals surface area contributed by atoms with E-state index in [-0.39, 0.29) is 11.9 Å². The van der Waals surface area contributed by atoms with Crippen molar-refractivity contribution < 1.29 is 4.79 Å². The number of nitrogens with one attached hydrogen (secondary N) is 1. The molecule has 0 bridgehead atoms. The Morgan fingerprint density at radius 1 is 1.56 bits per heavy atom. The summed E-state index contributed by atoms with van der Waals surface area (Å²) in [4.78, 5) is 11.8. The summed E-state index contributed by atoms with van der Waals surface area (Å²) in [6.07, 6.45) is 0.903.